The molecule has 1 heterocycles. The minimum atomic E-state index is -0.206. The fourth-order valence-corrected chi connectivity index (χ4v) is 3.88. The van der Waals surface area contributed by atoms with Crippen LogP contribution in [0.5, 0.6) is 0 Å². The molecule has 124 valence electrons. The first kappa shape index (κ1) is 17.7. The number of hydrogen-bond donors (Lipinski definition) is 1. The summed E-state index contributed by atoms with van der Waals surface area (Å²) in [6.45, 7) is 4.23. The number of carbonyl (C=O) groups excluding carboxylic acids is 1. The highest BCUT2D eigenvalue weighted by Gasteiger charge is 2.20. The molecule has 0 spiro atoms. The lowest BCUT2D eigenvalue weighted by atomic mass is 9.84. The number of aryl methyl sites for hydroxylation is 3. The van der Waals surface area contributed by atoms with Crippen LogP contribution in [0.2, 0.25) is 0 Å². The number of amides is 1. The van der Waals surface area contributed by atoms with Gasteiger partial charge in [0.15, 0.2) is 0 Å². The predicted molar refractivity (Wildman–Crippen MR) is 98.7 cm³/mol. The van der Waals surface area contributed by atoms with Crippen molar-refractivity contribution in [1.82, 2.24) is 0 Å². The predicted octanol–water partition coefficient (Wildman–Crippen LogP) is 4.76. The molecular formula is C20H27NOS. The van der Waals surface area contributed by atoms with Gasteiger partial charge in [-0.3, -0.25) is 4.79 Å². The van der Waals surface area contributed by atoms with Gasteiger partial charge in [0.2, 0.25) is 5.91 Å². The Balaban J connectivity index is 1.76. The molecule has 0 atom stereocenters. The lowest BCUT2D eigenvalue weighted by Gasteiger charge is -2.22. The third-order valence-electron chi connectivity index (χ3n) is 4.15. The molecule has 2 aromatic rings. The SMILES string of the molecule is CC(C)(CCc1ccc(CCCc2ccccc2)s1)CC(N)=O. The van der Waals surface area contributed by atoms with E-state index in [9.17, 15) is 4.79 Å². The van der Waals surface area contributed by atoms with Crippen molar-refractivity contribution in [3.63, 3.8) is 0 Å². The highest BCUT2D eigenvalue weighted by atomic mass is 32.1. The molecule has 0 radical (unpaired) electrons. The van der Waals surface area contributed by atoms with Gasteiger partial charge in [-0.05, 0) is 55.2 Å². The van der Waals surface area contributed by atoms with Gasteiger partial charge in [0, 0.05) is 16.2 Å². The number of nitrogens with two attached hydrogens (primary N) is 1. The van der Waals surface area contributed by atoms with Crippen LogP contribution in [0.4, 0.5) is 0 Å². The summed E-state index contributed by atoms with van der Waals surface area (Å²) in [5, 5.41) is 0. The number of hydrogen-bond acceptors (Lipinski definition) is 2. The Labute approximate surface area is 143 Å². The topological polar surface area (TPSA) is 43.1 Å². The summed E-state index contributed by atoms with van der Waals surface area (Å²) in [4.78, 5) is 14.0. The Morgan fingerprint density at radius 2 is 1.65 bits per heavy atom. The minimum absolute atomic E-state index is 0.0106. The zero-order valence-corrected chi connectivity index (χ0v) is 15.0. The lowest BCUT2D eigenvalue weighted by molar-refractivity contribution is -0.119. The van der Waals surface area contributed by atoms with E-state index in [1.165, 1.54) is 21.7 Å². The van der Waals surface area contributed by atoms with E-state index in [0.717, 1.165) is 25.7 Å². The van der Waals surface area contributed by atoms with Crippen LogP contribution in [0.15, 0.2) is 42.5 Å². The molecule has 1 aromatic carbocycles. The molecule has 0 saturated heterocycles. The molecule has 0 unspecified atom stereocenters. The van der Waals surface area contributed by atoms with Crippen molar-refractivity contribution in [2.24, 2.45) is 11.1 Å². The fourth-order valence-electron chi connectivity index (χ4n) is 2.82. The molecule has 0 aliphatic rings. The van der Waals surface area contributed by atoms with Crippen LogP contribution in [0.3, 0.4) is 0 Å². The lowest BCUT2D eigenvalue weighted by Crippen LogP contribution is -2.22. The van der Waals surface area contributed by atoms with E-state index in [1.54, 1.807) is 0 Å². The highest BCUT2D eigenvalue weighted by Crippen LogP contribution is 2.29. The summed E-state index contributed by atoms with van der Waals surface area (Å²) in [6, 6.07) is 15.2. The van der Waals surface area contributed by atoms with E-state index in [-0.39, 0.29) is 11.3 Å². The first-order chi connectivity index (χ1) is 10.9. The van der Waals surface area contributed by atoms with Gasteiger partial charge in [0.1, 0.15) is 0 Å². The van der Waals surface area contributed by atoms with Crippen LogP contribution >= 0.6 is 11.3 Å². The molecule has 23 heavy (non-hydrogen) atoms. The molecule has 2 rings (SSSR count). The Hall–Kier alpha value is -1.61. The second kappa shape index (κ2) is 8.30. The van der Waals surface area contributed by atoms with Gasteiger partial charge in [-0.25, -0.2) is 0 Å². The van der Waals surface area contributed by atoms with Crippen molar-refractivity contribution in [3.05, 3.63) is 57.8 Å². The Kier molecular flexibility index (Phi) is 6.40. The molecule has 0 aliphatic heterocycles. The maximum Gasteiger partial charge on any atom is 0.217 e. The molecule has 0 bridgehead atoms. The van der Waals surface area contributed by atoms with E-state index in [2.05, 4.69) is 56.3 Å². The van der Waals surface area contributed by atoms with E-state index in [4.69, 9.17) is 5.73 Å². The average molecular weight is 330 g/mol. The zero-order chi connectivity index (χ0) is 16.7. The van der Waals surface area contributed by atoms with Crippen molar-refractivity contribution < 1.29 is 4.79 Å². The largest absolute Gasteiger partial charge is 0.370 e. The summed E-state index contributed by atoms with van der Waals surface area (Å²) in [5.74, 6) is -0.206. The van der Waals surface area contributed by atoms with Crippen molar-refractivity contribution in [3.8, 4) is 0 Å². The fraction of sp³-hybridized carbons (Fsp3) is 0.450. The van der Waals surface area contributed by atoms with Crippen molar-refractivity contribution in [1.29, 1.82) is 0 Å². The van der Waals surface area contributed by atoms with Gasteiger partial charge < -0.3 is 5.73 Å². The number of thiophene rings is 1. The summed E-state index contributed by atoms with van der Waals surface area (Å²) in [5.41, 5.74) is 6.72. The van der Waals surface area contributed by atoms with Gasteiger partial charge >= 0.3 is 0 Å². The Bertz CT molecular complexity index is 616. The average Bonchev–Trinajstić information content (AvgIpc) is 2.93. The Morgan fingerprint density at radius 1 is 1.00 bits per heavy atom. The molecule has 1 amide bonds. The number of rotatable bonds is 9. The Morgan fingerprint density at radius 3 is 2.30 bits per heavy atom. The van der Waals surface area contributed by atoms with E-state index >= 15 is 0 Å². The second-order valence-electron chi connectivity index (χ2n) is 7.01. The second-order valence-corrected chi connectivity index (χ2v) is 8.27. The molecular weight excluding hydrogens is 302 g/mol. The maximum atomic E-state index is 11.1. The van der Waals surface area contributed by atoms with Crippen LogP contribution in [-0.2, 0) is 24.1 Å². The molecule has 0 fully saturated rings. The summed E-state index contributed by atoms with van der Waals surface area (Å²) < 4.78 is 0. The van der Waals surface area contributed by atoms with Gasteiger partial charge in [-0.1, -0.05) is 44.2 Å². The molecule has 2 nitrogen and oxygen atoms in total. The maximum absolute atomic E-state index is 11.1. The van der Waals surface area contributed by atoms with Crippen LogP contribution in [0.25, 0.3) is 0 Å². The van der Waals surface area contributed by atoms with E-state index < -0.39 is 0 Å². The first-order valence-corrected chi connectivity index (χ1v) is 9.16. The number of primary amides is 1. The van der Waals surface area contributed by atoms with Gasteiger partial charge in [-0.2, -0.15) is 0 Å². The van der Waals surface area contributed by atoms with E-state index in [1.807, 2.05) is 11.3 Å². The smallest absolute Gasteiger partial charge is 0.217 e. The number of carbonyl (C=O) groups is 1. The molecule has 0 aliphatic carbocycles. The highest BCUT2D eigenvalue weighted by molar-refractivity contribution is 7.11. The third kappa shape index (κ3) is 6.57. The normalized spacial score (nSPS) is 11.6. The zero-order valence-electron chi connectivity index (χ0n) is 14.2. The number of benzene rings is 1. The summed E-state index contributed by atoms with van der Waals surface area (Å²) in [6.07, 6.45) is 5.97. The molecule has 2 N–H and O–H groups in total. The van der Waals surface area contributed by atoms with Crippen molar-refractivity contribution in [2.45, 2.75) is 52.4 Å². The first-order valence-electron chi connectivity index (χ1n) is 8.34. The summed E-state index contributed by atoms with van der Waals surface area (Å²) >= 11 is 1.91. The van der Waals surface area contributed by atoms with Gasteiger partial charge in [0.05, 0.1) is 0 Å². The molecule has 1 aromatic heterocycles. The van der Waals surface area contributed by atoms with Crippen LogP contribution in [0, 0.1) is 5.41 Å². The van der Waals surface area contributed by atoms with Gasteiger partial charge in [0.25, 0.3) is 0 Å². The monoisotopic (exact) mass is 329 g/mol. The third-order valence-corrected chi connectivity index (χ3v) is 5.35. The minimum Gasteiger partial charge on any atom is -0.370 e. The standard InChI is InChI=1S/C20H27NOS/c1-20(2,15-19(21)22)14-13-18-12-11-17(23-18)10-6-9-16-7-4-3-5-8-16/h3-5,7-8,11-12H,6,9-10,13-15H2,1-2H3,(H2,21,22). The quantitative estimate of drug-likeness (QED) is 0.708. The van der Waals surface area contributed by atoms with Gasteiger partial charge in [-0.15, -0.1) is 11.3 Å². The summed E-state index contributed by atoms with van der Waals surface area (Å²) in [7, 11) is 0. The van der Waals surface area contributed by atoms with Crippen LogP contribution < -0.4 is 5.73 Å². The molecule has 3 heteroatoms. The van der Waals surface area contributed by atoms with Crippen molar-refractivity contribution >= 4 is 17.2 Å². The van der Waals surface area contributed by atoms with Crippen LogP contribution in [0.1, 0.15) is 48.4 Å². The van der Waals surface area contributed by atoms with E-state index in [0.29, 0.717) is 6.42 Å². The van der Waals surface area contributed by atoms with Crippen molar-refractivity contribution in [2.75, 3.05) is 0 Å². The molecule has 0 saturated carbocycles. The van der Waals surface area contributed by atoms with Crippen LogP contribution in [-0.4, -0.2) is 5.91 Å².